The molecule has 0 radical (unpaired) electrons. The van der Waals surface area contributed by atoms with E-state index in [9.17, 15) is 26.3 Å². The van der Waals surface area contributed by atoms with Crippen LogP contribution >= 0.6 is 0 Å². The molecular weight excluding hydrogens is 570 g/mol. The van der Waals surface area contributed by atoms with Crippen molar-refractivity contribution in [3.8, 4) is 22.8 Å². The van der Waals surface area contributed by atoms with E-state index in [-0.39, 0.29) is 11.6 Å². The normalized spacial score (nSPS) is 14.0. The third-order valence-electron chi connectivity index (χ3n) is 7.45. The quantitative estimate of drug-likeness (QED) is 0.203. The van der Waals surface area contributed by atoms with Crippen LogP contribution in [0.1, 0.15) is 33.8 Å². The molecule has 0 N–H and O–H groups in total. The Hall–Kier alpha value is -5.26. The number of fused-ring (bicyclic) bond motifs is 3. The molecule has 2 aromatic carbocycles. The van der Waals surface area contributed by atoms with Crippen molar-refractivity contribution in [2.75, 3.05) is 0 Å². The van der Waals surface area contributed by atoms with Gasteiger partial charge < -0.3 is 0 Å². The molecule has 0 saturated carbocycles. The molecule has 214 valence electrons. The maximum absolute atomic E-state index is 13.3. The topological polar surface area (TPSA) is 61.4 Å². The highest BCUT2D eigenvalue weighted by Gasteiger charge is 2.48. The Kier molecular flexibility index (Phi) is 5.81. The highest BCUT2D eigenvalue weighted by Crippen LogP contribution is 2.55. The summed E-state index contributed by atoms with van der Waals surface area (Å²) >= 11 is 0. The molecule has 1 aliphatic rings. The number of benzene rings is 2. The Labute approximate surface area is 239 Å². The van der Waals surface area contributed by atoms with E-state index in [4.69, 9.17) is 9.97 Å². The Bertz CT molecular complexity index is 1840. The average Bonchev–Trinajstić information content (AvgIpc) is 3.75. The van der Waals surface area contributed by atoms with Crippen LogP contribution in [0.5, 0.6) is 0 Å². The summed E-state index contributed by atoms with van der Waals surface area (Å²) in [4.78, 5) is 9.65. The number of nitrogens with zero attached hydrogens (tertiary/aromatic N) is 6. The fourth-order valence-electron chi connectivity index (χ4n) is 5.63. The summed E-state index contributed by atoms with van der Waals surface area (Å²) < 4.78 is 82.1. The van der Waals surface area contributed by atoms with Crippen LogP contribution in [-0.4, -0.2) is 29.5 Å². The van der Waals surface area contributed by atoms with E-state index in [0.29, 0.717) is 11.4 Å². The molecule has 7 rings (SSSR count). The molecule has 0 spiro atoms. The predicted molar refractivity (Wildman–Crippen MR) is 144 cm³/mol. The third kappa shape index (κ3) is 4.20. The van der Waals surface area contributed by atoms with Crippen LogP contribution in [0.3, 0.4) is 0 Å². The summed E-state index contributed by atoms with van der Waals surface area (Å²) in [5.41, 5.74) is 1.12. The van der Waals surface area contributed by atoms with Gasteiger partial charge in [0.15, 0.2) is 17.3 Å². The molecule has 6 nitrogen and oxygen atoms in total. The lowest BCUT2D eigenvalue weighted by Gasteiger charge is -2.32. The van der Waals surface area contributed by atoms with Crippen molar-refractivity contribution in [1.82, 2.24) is 29.5 Å². The number of rotatable bonds is 4. The van der Waals surface area contributed by atoms with Crippen molar-refractivity contribution >= 4 is 0 Å². The van der Waals surface area contributed by atoms with Gasteiger partial charge in [0, 0.05) is 12.4 Å². The van der Waals surface area contributed by atoms with Gasteiger partial charge in [-0.05, 0) is 52.6 Å². The van der Waals surface area contributed by atoms with E-state index < -0.39 is 29.0 Å². The summed E-state index contributed by atoms with van der Waals surface area (Å²) in [5, 5.41) is 7.59. The lowest BCUT2D eigenvalue weighted by molar-refractivity contribution is -0.141. The first-order valence-corrected chi connectivity index (χ1v) is 13.0. The van der Waals surface area contributed by atoms with Crippen molar-refractivity contribution in [1.29, 1.82) is 0 Å². The van der Waals surface area contributed by atoms with E-state index in [0.717, 1.165) is 50.1 Å². The second-order valence-electron chi connectivity index (χ2n) is 9.92. The van der Waals surface area contributed by atoms with E-state index in [2.05, 4.69) is 10.2 Å². The zero-order valence-corrected chi connectivity index (χ0v) is 21.8. The minimum Gasteiger partial charge on any atom is -0.232 e. The van der Waals surface area contributed by atoms with Crippen molar-refractivity contribution in [2.24, 2.45) is 0 Å². The van der Waals surface area contributed by atoms with Gasteiger partial charge in [0.2, 0.25) is 0 Å². The smallest absolute Gasteiger partial charge is 0.232 e. The Morgan fingerprint density at radius 2 is 1.14 bits per heavy atom. The molecule has 0 unspecified atom stereocenters. The van der Waals surface area contributed by atoms with Gasteiger partial charge in [-0.25, -0.2) is 19.3 Å². The minimum atomic E-state index is -4.63. The molecule has 0 bridgehead atoms. The van der Waals surface area contributed by atoms with E-state index in [1.54, 1.807) is 36.4 Å². The van der Waals surface area contributed by atoms with E-state index in [1.807, 2.05) is 48.5 Å². The SMILES string of the molecule is FC(F)(F)c1cnn(-c2cccc(C3(c4cccc(-n5ccc(C(F)(F)F)n5)n4)c4ccccc4-c4ccccc43)n2)c1. The number of aromatic nitrogens is 6. The molecule has 0 saturated heterocycles. The maximum Gasteiger partial charge on any atom is 0.435 e. The van der Waals surface area contributed by atoms with Crippen LogP contribution in [0.15, 0.2) is 110 Å². The van der Waals surface area contributed by atoms with Crippen LogP contribution in [0.2, 0.25) is 0 Å². The molecule has 4 aromatic heterocycles. The maximum atomic E-state index is 13.3. The number of halogens is 6. The molecule has 0 amide bonds. The summed E-state index contributed by atoms with van der Waals surface area (Å²) in [6.07, 6.45) is -6.43. The fraction of sp³-hybridized carbons (Fsp3) is 0.0968. The van der Waals surface area contributed by atoms with Gasteiger partial charge in [-0.1, -0.05) is 60.7 Å². The number of hydrogen-bond acceptors (Lipinski definition) is 4. The van der Waals surface area contributed by atoms with Crippen LogP contribution in [-0.2, 0) is 17.8 Å². The molecule has 4 heterocycles. The Morgan fingerprint density at radius 3 is 1.65 bits per heavy atom. The lowest BCUT2D eigenvalue weighted by atomic mass is 9.72. The minimum absolute atomic E-state index is 0.146. The monoisotopic (exact) mass is 588 g/mol. The van der Waals surface area contributed by atoms with Crippen LogP contribution in [0.25, 0.3) is 22.8 Å². The van der Waals surface area contributed by atoms with Gasteiger partial charge in [0.1, 0.15) is 5.41 Å². The predicted octanol–water partition coefficient (Wildman–Crippen LogP) is 7.25. The van der Waals surface area contributed by atoms with Crippen molar-refractivity contribution in [3.05, 3.63) is 143 Å². The van der Waals surface area contributed by atoms with E-state index >= 15 is 0 Å². The second-order valence-corrected chi connectivity index (χ2v) is 9.92. The van der Waals surface area contributed by atoms with Crippen molar-refractivity contribution in [2.45, 2.75) is 17.8 Å². The molecule has 0 aliphatic heterocycles. The number of pyridine rings is 2. The second kappa shape index (κ2) is 9.38. The average molecular weight is 589 g/mol. The van der Waals surface area contributed by atoms with Gasteiger partial charge in [-0.15, -0.1) is 0 Å². The number of hydrogen-bond donors (Lipinski definition) is 0. The summed E-state index contributed by atoms with van der Waals surface area (Å²) in [6.45, 7) is 0. The lowest BCUT2D eigenvalue weighted by Crippen LogP contribution is -2.31. The van der Waals surface area contributed by atoms with Gasteiger partial charge in [-0.2, -0.15) is 36.5 Å². The van der Waals surface area contributed by atoms with Crippen molar-refractivity contribution < 1.29 is 26.3 Å². The molecular formula is C31H18F6N6. The molecule has 1 aliphatic carbocycles. The van der Waals surface area contributed by atoms with Crippen molar-refractivity contribution in [3.63, 3.8) is 0 Å². The zero-order valence-electron chi connectivity index (χ0n) is 21.8. The number of alkyl halides is 6. The molecule has 12 heteroatoms. The van der Waals surface area contributed by atoms with Gasteiger partial charge in [0.25, 0.3) is 0 Å². The molecule has 6 aromatic rings. The highest BCUT2D eigenvalue weighted by molar-refractivity contribution is 5.85. The molecule has 0 fully saturated rings. The summed E-state index contributed by atoms with van der Waals surface area (Å²) in [5.74, 6) is 0.291. The van der Waals surface area contributed by atoms with Crippen LogP contribution < -0.4 is 0 Å². The first kappa shape index (κ1) is 26.6. The molecule has 0 atom stereocenters. The Morgan fingerprint density at radius 1 is 0.581 bits per heavy atom. The van der Waals surface area contributed by atoms with Crippen LogP contribution in [0, 0.1) is 0 Å². The molecule has 43 heavy (non-hydrogen) atoms. The van der Waals surface area contributed by atoms with Gasteiger partial charge in [0.05, 0.1) is 23.1 Å². The Balaban J connectivity index is 1.48. The third-order valence-corrected chi connectivity index (χ3v) is 7.45. The van der Waals surface area contributed by atoms with Gasteiger partial charge >= 0.3 is 12.4 Å². The van der Waals surface area contributed by atoms with E-state index in [1.165, 1.54) is 6.20 Å². The zero-order chi connectivity index (χ0) is 30.0. The van der Waals surface area contributed by atoms with Gasteiger partial charge in [-0.3, -0.25) is 0 Å². The highest BCUT2D eigenvalue weighted by atomic mass is 19.4. The standard InChI is InChI=1S/C31H18F6N6/c32-30(33,34)19-17-38-43(18-19)28-14-6-12-25(40-28)29(22-9-3-1-7-20(22)21-8-2-4-10-23(21)29)24-11-5-13-27(39-24)42-16-15-26(41-42)31(35,36)37/h1-18H. The van der Waals surface area contributed by atoms with Crippen LogP contribution in [0.4, 0.5) is 26.3 Å². The first-order chi connectivity index (χ1) is 20.6. The summed E-state index contributed by atoms with van der Waals surface area (Å²) in [7, 11) is 0. The summed E-state index contributed by atoms with van der Waals surface area (Å²) in [6, 6.07) is 26.1. The largest absolute Gasteiger partial charge is 0.435 e. The first-order valence-electron chi connectivity index (χ1n) is 13.0. The fourth-order valence-corrected chi connectivity index (χ4v) is 5.63.